The summed E-state index contributed by atoms with van der Waals surface area (Å²) in [7, 11) is 0. The molecule has 4 atom stereocenters. The lowest BCUT2D eigenvalue weighted by Gasteiger charge is -2.34. The van der Waals surface area contributed by atoms with E-state index >= 15 is 0 Å². The molecule has 3 heterocycles. The van der Waals surface area contributed by atoms with Crippen molar-refractivity contribution in [2.45, 2.75) is 44.1 Å². The first-order chi connectivity index (χ1) is 19.0. The second kappa shape index (κ2) is 11.0. The molecule has 0 radical (unpaired) electrons. The van der Waals surface area contributed by atoms with Gasteiger partial charge in [-0.05, 0) is 42.7 Å². The van der Waals surface area contributed by atoms with Gasteiger partial charge in [-0.2, -0.15) is 9.90 Å². The average Bonchev–Trinajstić information content (AvgIpc) is 3.52. The molecule has 2 aliphatic rings. The van der Waals surface area contributed by atoms with E-state index < -0.39 is 41.0 Å². The fraction of sp³-hybridized carbons (Fsp3) is 0.385. The predicted octanol–water partition coefficient (Wildman–Crippen LogP) is 4.13. The minimum absolute atomic E-state index is 0.00833. The van der Waals surface area contributed by atoms with Gasteiger partial charge in [0.1, 0.15) is 17.5 Å². The summed E-state index contributed by atoms with van der Waals surface area (Å²) in [4.78, 5) is 28.4. The van der Waals surface area contributed by atoms with Crippen LogP contribution in [0.1, 0.15) is 43.0 Å². The molecule has 0 aliphatic carbocycles. The monoisotopic (exact) mass is 597 g/mol. The molecule has 0 bridgehead atoms. The van der Waals surface area contributed by atoms with Crippen LogP contribution in [0.2, 0.25) is 10.0 Å². The standard InChI is InChI=1S/C26H24Cl2F3N5O4/c1-13-6-17(12-40-23(13)18-9-16(29)2-3-20(18)30)36-33-11-21(34-36)35-5-4-26(39,25(35)38)24(37)32-10-14-7-15(27)8-19(28)22(14)31/h2-3,7-9,11,13,17,23,39H,4-6,10,12H2,1H3,(H,32,37)/t13-,17+,23-,26?/m0/s1. The molecular formula is C26H24Cl2F3N5O4. The van der Waals surface area contributed by atoms with Crippen molar-refractivity contribution in [3.05, 3.63) is 75.2 Å². The van der Waals surface area contributed by atoms with E-state index in [2.05, 4.69) is 15.5 Å². The maximum atomic E-state index is 14.3. The quantitative estimate of drug-likeness (QED) is 0.327. The minimum atomic E-state index is -2.40. The highest BCUT2D eigenvalue weighted by atomic mass is 35.5. The van der Waals surface area contributed by atoms with E-state index in [9.17, 15) is 27.9 Å². The Labute approximate surface area is 236 Å². The van der Waals surface area contributed by atoms with E-state index in [-0.39, 0.29) is 65.1 Å². The number of carbonyl (C=O) groups excluding carboxylic acids is 2. The highest BCUT2D eigenvalue weighted by molar-refractivity contribution is 6.34. The predicted molar refractivity (Wildman–Crippen MR) is 138 cm³/mol. The fourth-order valence-electron chi connectivity index (χ4n) is 5.05. The van der Waals surface area contributed by atoms with E-state index in [1.54, 1.807) is 0 Å². The number of aromatic nitrogens is 3. The molecule has 2 amide bonds. The molecule has 14 heteroatoms. The van der Waals surface area contributed by atoms with E-state index in [0.717, 1.165) is 23.1 Å². The molecule has 1 unspecified atom stereocenters. The largest absolute Gasteiger partial charge is 0.372 e. The third kappa shape index (κ3) is 5.28. The van der Waals surface area contributed by atoms with Crippen molar-refractivity contribution in [1.29, 1.82) is 0 Å². The highest BCUT2D eigenvalue weighted by Crippen LogP contribution is 2.39. The number of ether oxygens (including phenoxy) is 1. The number of hydrogen-bond acceptors (Lipinski definition) is 6. The number of carbonyl (C=O) groups is 2. The van der Waals surface area contributed by atoms with E-state index in [1.165, 1.54) is 23.1 Å². The number of nitrogens with one attached hydrogen (secondary N) is 1. The smallest absolute Gasteiger partial charge is 0.270 e. The first-order valence-electron chi connectivity index (χ1n) is 12.4. The lowest BCUT2D eigenvalue weighted by Crippen LogP contribution is -2.52. The summed E-state index contributed by atoms with van der Waals surface area (Å²) in [5, 5.41) is 21.8. The van der Waals surface area contributed by atoms with E-state index in [0.29, 0.717) is 6.42 Å². The molecule has 40 heavy (non-hydrogen) atoms. The van der Waals surface area contributed by atoms with Crippen molar-refractivity contribution >= 4 is 40.8 Å². The summed E-state index contributed by atoms with van der Waals surface area (Å²) in [5.74, 6) is -3.88. The van der Waals surface area contributed by atoms with Crippen LogP contribution in [0, 0.1) is 23.4 Å². The Morgan fingerprint density at radius 1 is 1.25 bits per heavy atom. The Bertz CT molecular complexity index is 1470. The molecule has 9 nitrogen and oxygen atoms in total. The van der Waals surface area contributed by atoms with Gasteiger partial charge in [0.25, 0.3) is 11.8 Å². The average molecular weight is 598 g/mol. The molecule has 2 fully saturated rings. The molecule has 2 saturated heterocycles. The summed E-state index contributed by atoms with van der Waals surface area (Å²) in [6.07, 6.45) is 0.938. The van der Waals surface area contributed by atoms with Crippen LogP contribution in [0.25, 0.3) is 0 Å². The normalized spacial score (nSPS) is 24.9. The lowest BCUT2D eigenvalue weighted by molar-refractivity contribution is -0.149. The molecule has 0 saturated carbocycles. The number of nitrogens with zero attached hydrogens (tertiary/aromatic N) is 4. The molecule has 2 N–H and O–H groups in total. The number of rotatable bonds is 6. The Kier molecular flexibility index (Phi) is 7.79. The zero-order chi connectivity index (χ0) is 28.8. The second-order valence-corrected chi connectivity index (χ2v) is 10.8. The third-order valence-corrected chi connectivity index (χ3v) is 7.67. The van der Waals surface area contributed by atoms with Crippen LogP contribution in [-0.4, -0.2) is 50.7 Å². The van der Waals surface area contributed by atoms with Gasteiger partial charge in [0.2, 0.25) is 5.60 Å². The van der Waals surface area contributed by atoms with Crippen LogP contribution in [-0.2, 0) is 20.9 Å². The Morgan fingerprint density at radius 2 is 2.02 bits per heavy atom. The van der Waals surface area contributed by atoms with Crippen LogP contribution < -0.4 is 10.2 Å². The van der Waals surface area contributed by atoms with E-state index in [1.807, 2.05) is 6.92 Å². The van der Waals surface area contributed by atoms with E-state index in [4.69, 9.17) is 27.9 Å². The molecule has 5 rings (SSSR count). The number of anilines is 1. The first kappa shape index (κ1) is 28.3. The van der Waals surface area contributed by atoms with Crippen molar-refractivity contribution in [2.75, 3.05) is 18.1 Å². The molecular weight excluding hydrogens is 574 g/mol. The zero-order valence-electron chi connectivity index (χ0n) is 21.1. The van der Waals surface area contributed by atoms with Gasteiger partial charge in [-0.15, -0.1) is 5.10 Å². The zero-order valence-corrected chi connectivity index (χ0v) is 22.6. The lowest BCUT2D eigenvalue weighted by atomic mass is 9.89. The number of hydrogen-bond donors (Lipinski definition) is 2. The SMILES string of the molecule is C[C@H]1C[C@@H](n2ncc(N3CCC(O)(C(=O)NCc4cc(Cl)cc(Cl)c4F)C3=O)n2)CO[C@@H]1c1cc(F)ccc1F. The maximum Gasteiger partial charge on any atom is 0.270 e. The molecule has 2 aliphatic heterocycles. The van der Waals surface area contributed by atoms with Gasteiger partial charge >= 0.3 is 0 Å². The Morgan fingerprint density at radius 3 is 2.77 bits per heavy atom. The first-order valence-corrected chi connectivity index (χ1v) is 13.2. The topological polar surface area (TPSA) is 110 Å². The summed E-state index contributed by atoms with van der Waals surface area (Å²) >= 11 is 11.7. The van der Waals surface area contributed by atoms with Gasteiger partial charge in [0.15, 0.2) is 5.82 Å². The molecule has 3 aromatic rings. The van der Waals surface area contributed by atoms with Crippen molar-refractivity contribution in [3.8, 4) is 0 Å². The number of amides is 2. The van der Waals surface area contributed by atoms with Crippen LogP contribution in [0.4, 0.5) is 19.0 Å². The van der Waals surface area contributed by atoms with Gasteiger partial charge in [-0.1, -0.05) is 30.1 Å². The number of halogens is 5. The summed E-state index contributed by atoms with van der Waals surface area (Å²) in [6.45, 7) is 1.59. The summed E-state index contributed by atoms with van der Waals surface area (Å²) < 4.78 is 48.1. The highest BCUT2D eigenvalue weighted by Gasteiger charge is 2.52. The van der Waals surface area contributed by atoms with Crippen LogP contribution in [0.3, 0.4) is 0 Å². The number of aliphatic hydroxyl groups is 1. The fourth-order valence-corrected chi connectivity index (χ4v) is 5.59. The molecule has 0 spiro atoms. The van der Waals surface area contributed by atoms with Crippen molar-refractivity contribution < 1.29 is 32.6 Å². The minimum Gasteiger partial charge on any atom is -0.372 e. The van der Waals surface area contributed by atoms with Gasteiger partial charge in [-0.25, -0.2) is 13.2 Å². The van der Waals surface area contributed by atoms with Crippen molar-refractivity contribution in [3.63, 3.8) is 0 Å². The Balaban J connectivity index is 1.23. The van der Waals surface area contributed by atoms with Crippen LogP contribution >= 0.6 is 23.2 Å². The summed E-state index contributed by atoms with van der Waals surface area (Å²) in [6, 6.07) is 5.37. The Hall–Kier alpha value is -3.19. The molecule has 212 valence electrons. The van der Waals surface area contributed by atoms with Gasteiger partial charge in [-0.3, -0.25) is 14.5 Å². The van der Waals surface area contributed by atoms with Crippen LogP contribution in [0.15, 0.2) is 36.5 Å². The second-order valence-electron chi connectivity index (χ2n) is 9.92. The van der Waals surface area contributed by atoms with Gasteiger partial charge in [0, 0.05) is 35.7 Å². The molecule has 2 aromatic carbocycles. The maximum absolute atomic E-state index is 14.3. The third-order valence-electron chi connectivity index (χ3n) is 7.17. The summed E-state index contributed by atoms with van der Waals surface area (Å²) in [5.41, 5.74) is -2.26. The molecule has 1 aromatic heterocycles. The van der Waals surface area contributed by atoms with Gasteiger partial charge in [0.05, 0.1) is 30.0 Å². The van der Waals surface area contributed by atoms with Gasteiger partial charge < -0.3 is 15.2 Å². The number of benzene rings is 2. The van der Waals surface area contributed by atoms with Crippen molar-refractivity contribution in [1.82, 2.24) is 20.3 Å². The van der Waals surface area contributed by atoms with Crippen molar-refractivity contribution in [2.24, 2.45) is 5.92 Å². The van der Waals surface area contributed by atoms with Crippen LogP contribution in [0.5, 0.6) is 0 Å².